The van der Waals surface area contributed by atoms with Crippen molar-refractivity contribution in [3.63, 3.8) is 0 Å². The molecule has 1 aliphatic heterocycles. The van der Waals surface area contributed by atoms with E-state index in [0.29, 0.717) is 42.3 Å². The lowest BCUT2D eigenvalue weighted by atomic mass is 9.85. The van der Waals surface area contributed by atoms with E-state index < -0.39 is 53.6 Å². The zero-order chi connectivity index (χ0) is 29.5. The zero-order valence-electron chi connectivity index (χ0n) is 22.1. The van der Waals surface area contributed by atoms with Gasteiger partial charge in [0.2, 0.25) is 15.9 Å². The van der Waals surface area contributed by atoms with Crippen LogP contribution in [0, 0.1) is 5.92 Å². The van der Waals surface area contributed by atoms with Crippen molar-refractivity contribution in [3.05, 3.63) is 64.7 Å². The van der Waals surface area contributed by atoms with Gasteiger partial charge in [-0.3, -0.25) is 4.79 Å². The molecule has 1 saturated heterocycles. The summed E-state index contributed by atoms with van der Waals surface area (Å²) in [6.07, 6.45) is -2.98. The van der Waals surface area contributed by atoms with E-state index in [4.69, 9.17) is 11.6 Å². The summed E-state index contributed by atoms with van der Waals surface area (Å²) in [5.41, 5.74) is -0.428. The molecule has 1 amide bonds. The highest BCUT2D eigenvalue weighted by molar-refractivity contribution is 7.92. The average molecular weight is 621 g/mol. The molecule has 7 nitrogen and oxygen atoms in total. The highest BCUT2D eigenvalue weighted by Gasteiger charge is 2.45. The Morgan fingerprint density at radius 1 is 1.00 bits per heavy atom. The second kappa shape index (κ2) is 11.3. The molecule has 0 unspecified atom stereocenters. The quantitative estimate of drug-likeness (QED) is 0.407. The van der Waals surface area contributed by atoms with Crippen LogP contribution in [0.3, 0.4) is 0 Å². The van der Waals surface area contributed by atoms with Gasteiger partial charge in [-0.1, -0.05) is 29.8 Å². The first-order chi connectivity index (χ1) is 18.5. The van der Waals surface area contributed by atoms with Crippen LogP contribution in [-0.2, 0) is 30.8 Å². The third-order valence-electron chi connectivity index (χ3n) is 7.92. The maximum Gasteiger partial charge on any atom is 0.416 e. The Morgan fingerprint density at radius 2 is 1.60 bits per heavy atom. The Bertz CT molecular complexity index is 1450. The summed E-state index contributed by atoms with van der Waals surface area (Å²) < 4.78 is 93.1. The minimum absolute atomic E-state index is 0.121. The van der Waals surface area contributed by atoms with Crippen molar-refractivity contribution in [2.24, 2.45) is 5.92 Å². The molecule has 1 heterocycles. The number of nitrogens with one attached hydrogen (secondary N) is 1. The van der Waals surface area contributed by atoms with Crippen LogP contribution in [0.4, 0.5) is 13.2 Å². The first kappa shape index (κ1) is 30.8. The minimum Gasteiger partial charge on any atom is -0.343 e. The molecule has 0 spiro atoms. The van der Waals surface area contributed by atoms with Crippen LogP contribution in [0.25, 0.3) is 0 Å². The molecule has 4 rings (SSSR count). The van der Waals surface area contributed by atoms with E-state index in [1.165, 1.54) is 19.9 Å². The number of sulfone groups is 1. The normalized spacial score (nSPS) is 18.5. The smallest absolute Gasteiger partial charge is 0.343 e. The molecule has 2 aromatic rings. The fourth-order valence-corrected chi connectivity index (χ4v) is 8.60. The molecule has 13 heteroatoms. The SMILES string of the molecule is CC(C)(C1CCN(C(=O)C[C@@H](NS(=O)(=O)C2CC2)c2ccc(Cl)cc2)CC1)S(=O)(=O)c1cccc(C(F)(F)F)c1. The van der Waals surface area contributed by atoms with Crippen LogP contribution in [0.15, 0.2) is 53.4 Å². The molecule has 2 fully saturated rings. The van der Waals surface area contributed by atoms with E-state index >= 15 is 0 Å². The molecular weight excluding hydrogens is 589 g/mol. The summed E-state index contributed by atoms with van der Waals surface area (Å²) in [4.78, 5) is 14.5. The lowest BCUT2D eigenvalue weighted by Gasteiger charge is -2.40. The number of benzene rings is 2. The first-order valence-corrected chi connectivity index (χ1v) is 16.4. The predicted octanol–water partition coefficient (Wildman–Crippen LogP) is 5.36. The summed E-state index contributed by atoms with van der Waals surface area (Å²) in [5, 5.41) is 0.0119. The number of carbonyl (C=O) groups excluding carboxylic acids is 1. The Hall–Kier alpha value is -2.15. The van der Waals surface area contributed by atoms with Crippen molar-refractivity contribution in [1.82, 2.24) is 9.62 Å². The van der Waals surface area contributed by atoms with Crippen molar-refractivity contribution in [2.75, 3.05) is 13.1 Å². The van der Waals surface area contributed by atoms with Gasteiger partial charge in [0.25, 0.3) is 0 Å². The number of likely N-dealkylation sites (tertiary alicyclic amines) is 1. The Balaban J connectivity index is 1.45. The maximum atomic E-state index is 13.4. The summed E-state index contributed by atoms with van der Waals surface area (Å²) in [6.45, 7) is 3.50. The van der Waals surface area contributed by atoms with Gasteiger partial charge in [0.05, 0.1) is 26.5 Å². The van der Waals surface area contributed by atoms with Gasteiger partial charge >= 0.3 is 6.18 Å². The lowest BCUT2D eigenvalue weighted by Crippen LogP contribution is -2.48. The van der Waals surface area contributed by atoms with E-state index in [9.17, 15) is 34.8 Å². The van der Waals surface area contributed by atoms with Crippen LogP contribution >= 0.6 is 11.6 Å². The topological polar surface area (TPSA) is 101 Å². The number of rotatable bonds is 9. The molecule has 220 valence electrons. The summed E-state index contributed by atoms with van der Waals surface area (Å²) in [5.74, 6) is -0.688. The van der Waals surface area contributed by atoms with Crippen LogP contribution in [0.5, 0.6) is 0 Å². The minimum atomic E-state index is -4.67. The summed E-state index contributed by atoms with van der Waals surface area (Å²) in [6, 6.07) is 9.55. The molecular formula is C27H32ClF3N2O5S2. The van der Waals surface area contributed by atoms with Gasteiger partial charge in [-0.15, -0.1) is 0 Å². The van der Waals surface area contributed by atoms with Gasteiger partial charge in [-0.25, -0.2) is 21.6 Å². The lowest BCUT2D eigenvalue weighted by molar-refractivity contribution is -0.137. The summed E-state index contributed by atoms with van der Waals surface area (Å²) in [7, 11) is -7.73. The average Bonchev–Trinajstić information content (AvgIpc) is 3.75. The van der Waals surface area contributed by atoms with Gasteiger partial charge in [0, 0.05) is 24.5 Å². The van der Waals surface area contributed by atoms with E-state index in [1.807, 2.05) is 0 Å². The number of halogens is 4. The third-order valence-corrected chi connectivity index (χ3v) is 12.7. The third kappa shape index (κ3) is 6.66. The fraction of sp³-hybridized carbons (Fsp3) is 0.519. The van der Waals surface area contributed by atoms with Crippen LogP contribution in [0.1, 0.15) is 63.1 Å². The molecule has 40 heavy (non-hydrogen) atoms. The molecule has 1 atom stereocenters. The van der Waals surface area contributed by atoms with Crippen molar-refractivity contribution in [3.8, 4) is 0 Å². The number of amides is 1. The predicted molar refractivity (Wildman–Crippen MR) is 146 cm³/mol. The molecule has 0 bridgehead atoms. The van der Waals surface area contributed by atoms with Crippen molar-refractivity contribution < 1.29 is 34.8 Å². The number of hydrogen-bond acceptors (Lipinski definition) is 5. The van der Waals surface area contributed by atoms with Gasteiger partial charge < -0.3 is 4.90 Å². The van der Waals surface area contributed by atoms with Crippen molar-refractivity contribution >= 4 is 37.4 Å². The molecule has 2 aromatic carbocycles. The van der Waals surface area contributed by atoms with Gasteiger partial charge in [-0.2, -0.15) is 13.2 Å². The van der Waals surface area contributed by atoms with Gasteiger partial charge in [-0.05, 0) is 81.3 Å². The van der Waals surface area contributed by atoms with E-state index in [0.717, 1.165) is 12.1 Å². The molecule has 0 radical (unpaired) electrons. The van der Waals surface area contributed by atoms with E-state index in [-0.39, 0.29) is 30.3 Å². The Kier molecular flexibility index (Phi) is 8.67. The highest BCUT2D eigenvalue weighted by atomic mass is 35.5. The molecule has 1 saturated carbocycles. The summed E-state index contributed by atoms with van der Waals surface area (Å²) >= 11 is 5.98. The largest absolute Gasteiger partial charge is 0.416 e. The second-order valence-electron chi connectivity index (χ2n) is 11.0. The Labute approximate surface area is 238 Å². The molecule has 2 aliphatic rings. The second-order valence-corrected chi connectivity index (χ2v) is 15.9. The standard InChI is InChI=1S/C27H32ClF3N2O5S2/c1-26(2,39(35,36)23-5-3-4-20(16-23)27(29,30)31)19-12-14-33(15-13-19)25(34)17-24(18-6-8-21(28)9-7-18)32-40(37,38)22-10-11-22/h3-9,16,19,22,24,32H,10-15,17H2,1-2H3/t24-/m1/s1. The number of sulfonamides is 1. The fourth-order valence-electron chi connectivity index (χ4n) is 5.09. The number of nitrogens with zero attached hydrogens (tertiary/aromatic N) is 1. The van der Waals surface area contributed by atoms with Gasteiger partial charge in [0.1, 0.15) is 0 Å². The zero-order valence-corrected chi connectivity index (χ0v) is 24.5. The van der Waals surface area contributed by atoms with Gasteiger partial charge in [0.15, 0.2) is 9.84 Å². The van der Waals surface area contributed by atoms with E-state index in [2.05, 4.69) is 4.72 Å². The number of carbonyl (C=O) groups is 1. The van der Waals surface area contributed by atoms with E-state index in [1.54, 1.807) is 29.2 Å². The van der Waals surface area contributed by atoms with Crippen LogP contribution in [-0.4, -0.2) is 50.7 Å². The molecule has 0 aromatic heterocycles. The number of alkyl halides is 3. The van der Waals surface area contributed by atoms with Crippen molar-refractivity contribution in [2.45, 2.75) is 73.1 Å². The Morgan fingerprint density at radius 3 is 2.15 bits per heavy atom. The number of piperidine rings is 1. The van der Waals surface area contributed by atoms with Crippen LogP contribution < -0.4 is 4.72 Å². The molecule has 1 N–H and O–H groups in total. The monoisotopic (exact) mass is 620 g/mol. The maximum absolute atomic E-state index is 13.4. The van der Waals surface area contributed by atoms with Crippen molar-refractivity contribution in [1.29, 1.82) is 0 Å². The number of hydrogen-bond donors (Lipinski definition) is 1. The first-order valence-electron chi connectivity index (χ1n) is 13.0. The van der Waals surface area contributed by atoms with Crippen LogP contribution in [0.2, 0.25) is 5.02 Å². The highest BCUT2D eigenvalue weighted by Crippen LogP contribution is 2.40. The molecule has 1 aliphatic carbocycles.